The van der Waals surface area contributed by atoms with Crippen LogP contribution in [0.25, 0.3) is 0 Å². The molecule has 0 N–H and O–H groups in total. The molecule has 3 aromatic rings. The van der Waals surface area contributed by atoms with Crippen molar-refractivity contribution in [3.8, 4) is 0 Å². The van der Waals surface area contributed by atoms with E-state index in [-0.39, 0.29) is 0 Å². The van der Waals surface area contributed by atoms with Crippen LogP contribution >= 0.6 is 11.1 Å². The molecule has 0 bridgehead atoms. The van der Waals surface area contributed by atoms with Crippen molar-refractivity contribution in [1.82, 2.24) is 0 Å². The van der Waals surface area contributed by atoms with Crippen LogP contribution in [-0.4, -0.2) is 7.38 Å². The van der Waals surface area contributed by atoms with Gasteiger partial charge in [0, 0.05) is 0 Å². The molecule has 0 aromatic heterocycles. The summed E-state index contributed by atoms with van der Waals surface area (Å²) in [4.78, 5) is 0. The Kier molecular flexibility index (Phi) is 5.26. The minimum atomic E-state index is -2.57. The predicted molar refractivity (Wildman–Crippen MR) is 113 cm³/mol. The quantitative estimate of drug-likeness (QED) is 0.275. The molecule has 0 fully saturated rings. The highest BCUT2D eigenvalue weighted by Gasteiger charge is 2.40. The van der Waals surface area contributed by atoms with Crippen LogP contribution in [0, 0.1) is 13.8 Å². The summed E-state index contributed by atoms with van der Waals surface area (Å²) in [7, 11) is -2.57. The van der Waals surface area contributed by atoms with E-state index in [0.717, 1.165) is 6.42 Å². The van der Waals surface area contributed by atoms with Gasteiger partial charge in [-0.25, -0.2) is 0 Å². The number of aryl methyl sites for hydroxylation is 2. The molecule has 3 rings (SSSR count). The maximum Gasteiger partial charge on any atom is 0.248 e. The van der Waals surface area contributed by atoms with Gasteiger partial charge in [-0.15, -0.1) is 17.7 Å². The van der Waals surface area contributed by atoms with E-state index in [9.17, 15) is 0 Å². The zero-order valence-corrected chi connectivity index (χ0v) is 16.6. The molecular formula is C23H23ClSi. The molecular weight excluding hydrogens is 340 g/mol. The van der Waals surface area contributed by atoms with Crippen molar-refractivity contribution in [3.05, 3.63) is 102 Å². The van der Waals surface area contributed by atoms with Gasteiger partial charge in [-0.2, -0.15) is 0 Å². The molecule has 25 heavy (non-hydrogen) atoms. The largest absolute Gasteiger partial charge is 0.248 e. The van der Waals surface area contributed by atoms with Gasteiger partial charge in [-0.05, 0) is 52.5 Å². The van der Waals surface area contributed by atoms with Gasteiger partial charge in [-0.3, -0.25) is 0 Å². The summed E-state index contributed by atoms with van der Waals surface area (Å²) in [5, 5.41) is 3.76. The Labute approximate surface area is 156 Å². The summed E-state index contributed by atoms with van der Waals surface area (Å²) in [5.74, 6) is 0. The summed E-state index contributed by atoms with van der Waals surface area (Å²) in [5.41, 5.74) is 3.83. The number of halogens is 1. The van der Waals surface area contributed by atoms with E-state index < -0.39 is 7.38 Å². The Morgan fingerprint density at radius 2 is 1.28 bits per heavy atom. The van der Waals surface area contributed by atoms with Gasteiger partial charge in [-0.1, -0.05) is 78.9 Å². The Bertz CT molecular complexity index is 807. The lowest BCUT2D eigenvalue weighted by molar-refractivity contribution is 1.24. The fraction of sp³-hybridized carbons (Fsp3) is 0.130. The van der Waals surface area contributed by atoms with Gasteiger partial charge in [0.15, 0.2) is 0 Å². The van der Waals surface area contributed by atoms with Crippen LogP contribution in [0.4, 0.5) is 0 Å². The molecule has 0 spiro atoms. The molecule has 2 heteroatoms. The SMILES string of the molecule is C=CCc1cc(C)c([Si](Cl)(c2ccccc2)c2ccccc2)c(C)c1. The zero-order chi connectivity index (χ0) is 17.9. The first-order valence-electron chi connectivity index (χ1n) is 8.59. The van der Waals surface area contributed by atoms with Gasteiger partial charge in [0.25, 0.3) is 0 Å². The van der Waals surface area contributed by atoms with Gasteiger partial charge >= 0.3 is 0 Å². The van der Waals surface area contributed by atoms with E-state index in [4.69, 9.17) is 11.1 Å². The lowest BCUT2D eigenvalue weighted by Gasteiger charge is -2.30. The first-order valence-corrected chi connectivity index (χ1v) is 11.6. The minimum absolute atomic E-state index is 0.884. The molecule has 0 aliphatic rings. The molecule has 0 amide bonds. The van der Waals surface area contributed by atoms with Crippen LogP contribution in [0.5, 0.6) is 0 Å². The van der Waals surface area contributed by atoms with Gasteiger partial charge in [0.1, 0.15) is 0 Å². The van der Waals surface area contributed by atoms with Crippen molar-refractivity contribution >= 4 is 34.0 Å². The lowest BCUT2D eigenvalue weighted by Crippen LogP contribution is -2.64. The van der Waals surface area contributed by atoms with Gasteiger partial charge in [0.2, 0.25) is 7.38 Å². The highest BCUT2D eigenvalue weighted by molar-refractivity contribution is 7.40. The number of hydrogen-bond acceptors (Lipinski definition) is 0. The van der Waals surface area contributed by atoms with Crippen molar-refractivity contribution < 1.29 is 0 Å². The van der Waals surface area contributed by atoms with Crippen molar-refractivity contribution in [2.75, 3.05) is 0 Å². The van der Waals surface area contributed by atoms with Gasteiger partial charge in [0.05, 0.1) is 0 Å². The third-order valence-electron chi connectivity index (χ3n) is 4.66. The van der Waals surface area contributed by atoms with Crippen molar-refractivity contribution in [1.29, 1.82) is 0 Å². The van der Waals surface area contributed by atoms with Crippen molar-refractivity contribution in [3.63, 3.8) is 0 Å². The Hall–Kier alpha value is -2.09. The molecule has 0 unspecified atom stereocenters. The number of allylic oxidation sites excluding steroid dienone is 1. The van der Waals surface area contributed by atoms with Crippen LogP contribution in [0.2, 0.25) is 0 Å². The molecule has 3 aromatic carbocycles. The Morgan fingerprint density at radius 1 is 0.840 bits per heavy atom. The molecule has 0 aliphatic heterocycles. The van der Waals surface area contributed by atoms with E-state index in [2.05, 4.69) is 81.1 Å². The van der Waals surface area contributed by atoms with Crippen LogP contribution in [-0.2, 0) is 6.42 Å². The number of benzene rings is 3. The normalized spacial score (nSPS) is 11.3. The summed E-state index contributed by atoms with van der Waals surface area (Å²) in [6.45, 7) is 8.24. The van der Waals surface area contributed by atoms with Gasteiger partial charge < -0.3 is 0 Å². The summed E-state index contributed by atoms with van der Waals surface area (Å²) in [6.07, 6.45) is 2.84. The first-order chi connectivity index (χ1) is 12.1. The third kappa shape index (κ3) is 3.35. The molecule has 0 atom stereocenters. The molecule has 126 valence electrons. The summed E-state index contributed by atoms with van der Waals surface area (Å²) in [6, 6.07) is 25.6. The van der Waals surface area contributed by atoms with E-state index >= 15 is 0 Å². The summed E-state index contributed by atoms with van der Waals surface area (Å²) >= 11 is 7.57. The molecule has 0 aliphatic carbocycles. The fourth-order valence-electron chi connectivity index (χ4n) is 3.67. The number of rotatable bonds is 5. The lowest BCUT2D eigenvalue weighted by atomic mass is 10.0. The highest BCUT2D eigenvalue weighted by Crippen LogP contribution is 2.18. The second-order valence-electron chi connectivity index (χ2n) is 6.49. The second-order valence-corrected chi connectivity index (χ2v) is 11.2. The standard InChI is InChI=1S/C23H23ClSi/c1-4-11-20-16-18(2)23(19(3)17-20)25(24,21-12-7-5-8-13-21)22-14-9-6-10-15-22/h4-10,12-17H,1,11H2,2-3H3. The topological polar surface area (TPSA) is 0 Å². The average molecular weight is 363 g/mol. The second kappa shape index (κ2) is 7.43. The maximum atomic E-state index is 7.57. The third-order valence-corrected chi connectivity index (χ3v) is 10.3. The van der Waals surface area contributed by atoms with Crippen LogP contribution in [0.1, 0.15) is 16.7 Å². The van der Waals surface area contributed by atoms with Crippen LogP contribution in [0.3, 0.4) is 0 Å². The number of hydrogen-bond donors (Lipinski definition) is 0. The monoisotopic (exact) mass is 362 g/mol. The maximum absolute atomic E-state index is 7.57. The van der Waals surface area contributed by atoms with E-state index in [1.165, 1.54) is 32.3 Å². The Balaban J connectivity index is 2.29. The van der Waals surface area contributed by atoms with Crippen molar-refractivity contribution in [2.24, 2.45) is 0 Å². The zero-order valence-electron chi connectivity index (χ0n) is 14.8. The molecule has 0 saturated carbocycles. The van der Waals surface area contributed by atoms with Crippen molar-refractivity contribution in [2.45, 2.75) is 20.3 Å². The molecule has 0 heterocycles. The van der Waals surface area contributed by atoms with E-state index in [1.807, 2.05) is 18.2 Å². The van der Waals surface area contributed by atoms with Crippen LogP contribution in [0.15, 0.2) is 85.5 Å². The summed E-state index contributed by atoms with van der Waals surface area (Å²) < 4.78 is 0. The van der Waals surface area contributed by atoms with E-state index in [0.29, 0.717) is 0 Å². The minimum Gasteiger partial charge on any atom is -0.149 e. The first kappa shape index (κ1) is 17.7. The molecule has 0 radical (unpaired) electrons. The molecule has 0 nitrogen and oxygen atoms in total. The van der Waals surface area contributed by atoms with Crippen LogP contribution < -0.4 is 15.6 Å². The Morgan fingerprint density at radius 3 is 1.68 bits per heavy atom. The predicted octanol–water partition coefficient (Wildman–Crippen LogP) is 4.24. The average Bonchev–Trinajstić information content (AvgIpc) is 2.62. The molecule has 0 saturated heterocycles. The van der Waals surface area contributed by atoms with E-state index in [1.54, 1.807) is 0 Å². The smallest absolute Gasteiger partial charge is 0.149 e. The highest BCUT2D eigenvalue weighted by atomic mass is 35.6. The fourth-order valence-corrected chi connectivity index (χ4v) is 8.77.